The lowest BCUT2D eigenvalue weighted by Gasteiger charge is -1.80. The molecule has 1 aliphatic heterocycles. The van der Waals surface area contributed by atoms with Crippen LogP contribution in [0.4, 0.5) is 0 Å². The predicted molar refractivity (Wildman–Crippen MR) is 30.7 cm³/mol. The Hall–Kier alpha value is -0.920. The third kappa shape index (κ3) is 0.738. The summed E-state index contributed by atoms with van der Waals surface area (Å²) in [4.78, 5) is 7.49. The molecule has 2 heteroatoms. The van der Waals surface area contributed by atoms with Gasteiger partial charge in [-0.2, -0.15) is 0 Å². The summed E-state index contributed by atoms with van der Waals surface area (Å²) in [6, 6.07) is 0. The van der Waals surface area contributed by atoms with Gasteiger partial charge < -0.3 is 0 Å². The van der Waals surface area contributed by atoms with E-state index in [2.05, 4.69) is 16.7 Å². The van der Waals surface area contributed by atoms with Crippen molar-refractivity contribution in [3.05, 3.63) is 12.3 Å². The van der Waals surface area contributed by atoms with Crippen molar-refractivity contribution >= 4 is 12.6 Å². The number of hydrogen-bond acceptors (Lipinski definition) is 2. The average molecular weight is 94.1 g/mol. The predicted octanol–water partition coefficient (Wildman–Crippen LogP) is 1.00. The summed E-state index contributed by atoms with van der Waals surface area (Å²) in [5.74, 6) is 0.819. The highest BCUT2D eigenvalue weighted by atomic mass is 14.9. The molecule has 1 rings (SSSR count). The van der Waals surface area contributed by atoms with Gasteiger partial charge in [0.1, 0.15) is 5.84 Å². The van der Waals surface area contributed by atoms with Crippen LogP contribution in [0.2, 0.25) is 0 Å². The Balaban J connectivity index is 2.61. The zero-order valence-corrected chi connectivity index (χ0v) is 3.96. The Labute approximate surface area is 42.3 Å². The highest BCUT2D eigenvalue weighted by molar-refractivity contribution is 5.89. The van der Waals surface area contributed by atoms with E-state index in [9.17, 15) is 0 Å². The van der Waals surface area contributed by atoms with E-state index >= 15 is 0 Å². The molecule has 0 aromatic carbocycles. The van der Waals surface area contributed by atoms with Crippen molar-refractivity contribution in [3.8, 4) is 0 Å². The lowest BCUT2D eigenvalue weighted by atomic mass is 10.4. The molecule has 0 atom stereocenters. The molecule has 0 bridgehead atoms. The molecule has 1 heterocycles. The van der Waals surface area contributed by atoms with Crippen LogP contribution < -0.4 is 0 Å². The molecule has 0 aromatic heterocycles. The van der Waals surface area contributed by atoms with Gasteiger partial charge in [-0.15, -0.1) is 0 Å². The summed E-state index contributed by atoms with van der Waals surface area (Å²) in [7, 11) is 0. The lowest BCUT2D eigenvalue weighted by molar-refractivity contribution is 1.46. The van der Waals surface area contributed by atoms with E-state index in [4.69, 9.17) is 0 Å². The summed E-state index contributed by atoms with van der Waals surface area (Å²) in [6.07, 6.45) is 4.54. The minimum Gasteiger partial charge on any atom is -0.249 e. The number of rotatable bonds is 0. The van der Waals surface area contributed by atoms with E-state index in [0.29, 0.717) is 0 Å². The molecule has 0 unspecified atom stereocenters. The molecule has 2 nitrogen and oxygen atoms in total. The second-order valence-corrected chi connectivity index (χ2v) is 1.29. The van der Waals surface area contributed by atoms with Crippen molar-refractivity contribution in [2.24, 2.45) is 9.98 Å². The molecule has 36 valence electrons. The molecular formula is C5H6N2. The fourth-order valence-electron chi connectivity index (χ4n) is 0.455. The van der Waals surface area contributed by atoms with Gasteiger partial charge >= 0.3 is 0 Å². The van der Waals surface area contributed by atoms with E-state index in [1.807, 2.05) is 6.08 Å². The molecule has 0 fully saturated rings. The maximum absolute atomic E-state index is 3.86. The third-order valence-electron chi connectivity index (χ3n) is 0.812. The normalized spacial score (nSPS) is 16.9. The molecule has 0 aliphatic carbocycles. The first kappa shape index (κ1) is 4.24. The SMILES string of the molecule is C=NC1=NC=CC1. The summed E-state index contributed by atoms with van der Waals surface area (Å²) in [6.45, 7) is 3.32. The zero-order chi connectivity index (χ0) is 5.11. The first-order chi connectivity index (χ1) is 3.43. The minimum absolute atomic E-state index is 0.819. The first-order valence-electron chi connectivity index (χ1n) is 2.12. The number of amidine groups is 1. The lowest BCUT2D eigenvalue weighted by Crippen LogP contribution is -1.82. The first-order valence-corrected chi connectivity index (χ1v) is 2.12. The van der Waals surface area contributed by atoms with Gasteiger partial charge in [0, 0.05) is 12.6 Å². The van der Waals surface area contributed by atoms with E-state index in [0.717, 1.165) is 12.3 Å². The van der Waals surface area contributed by atoms with Crippen LogP contribution >= 0.6 is 0 Å². The van der Waals surface area contributed by atoms with Gasteiger partial charge in [0.25, 0.3) is 0 Å². The van der Waals surface area contributed by atoms with Crippen molar-refractivity contribution in [2.45, 2.75) is 6.42 Å². The molecule has 0 amide bonds. The number of aliphatic imine (C=N–C) groups is 2. The largest absolute Gasteiger partial charge is 0.249 e. The summed E-state index contributed by atoms with van der Waals surface area (Å²) in [5, 5.41) is 0. The van der Waals surface area contributed by atoms with Crippen LogP contribution in [-0.4, -0.2) is 12.6 Å². The fraction of sp³-hybridized carbons (Fsp3) is 0.200. The monoisotopic (exact) mass is 94.1 g/mol. The van der Waals surface area contributed by atoms with Gasteiger partial charge in [-0.1, -0.05) is 6.08 Å². The van der Waals surface area contributed by atoms with Crippen molar-refractivity contribution in [3.63, 3.8) is 0 Å². The van der Waals surface area contributed by atoms with Crippen molar-refractivity contribution < 1.29 is 0 Å². The highest BCUT2D eigenvalue weighted by Gasteiger charge is 1.92. The van der Waals surface area contributed by atoms with E-state index in [1.54, 1.807) is 6.20 Å². The topological polar surface area (TPSA) is 24.7 Å². The number of nitrogens with zero attached hydrogens (tertiary/aromatic N) is 2. The van der Waals surface area contributed by atoms with Crippen LogP contribution in [0.3, 0.4) is 0 Å². The Morgan fingerprint density at radius 3 is 3.00 bits per heavy atom. The van der Waals surface area contributed by atoms with Gasteiger partial charge in [-0.3, -0.25) is 0 Å². The van der Waals surface area contributed by atoms with Gasteiger partial charge in [0.15, 0.2) is 0 Å². The van der Waals surface area contributed by atoms with Crippen molar-refractivity contribution in [2.75, 3.05) is 0 Å². The molecular weight excluding hydrogens is 88.1 g/mol. The van der Waals surface area contributed by atoms with Crippen LogP contribution in [-0.2, 0) is 0 Å². The van der Waals surface area contributed by atoms with E-state index in [1.165, 1.54) is 0 Å². The van der Waals surface area contributed by atoms with Crippen LogP contribution in [0.15, 0.2) is 22.3 Å². The second kappa shape index (κ2) is 1.69. The van der Waals surface area contributed by atoms with Crippen LogP contribution in [0.5, 0.6) is 0 Å². The van der Waals surface area contributed by atoms with Crippen LogP contribution in [0.25, 0.3) is 0 Å². The number of hydrogen-bond donors (Lipinski definition) is 0. The summed E-state index contributed by atoms with van der Waals surface area (Å²) >= 11 is 0. The Bertz CT molecular complexity index is 133. The quantitative estimate of drug-likeness (QED) is 0.400. The fourth-order valence-corrected chi connectivity index (χ4v) is 0.455. The van der Waals surface area contributed by atoms with E-state index in [-0.39, 0.29) is 0 Å². The molecule has 0 saturated heterocycles. The molecule has 0 aromatic rings. The summed E-state index contributed by atoms with van der Waals surface area (Å²) in [5.41, 5.74) is 0. The van der Waals surface area contributed by atoms with E-state index < -0.39 is 0 Å². The third-order valence-corrected chi connectivity index (χ3v) is 0.812. The Morgan fingerprint density at radius 1 is 1.86 bits per heavy atom. The van der Waals surface area contributed by atoms with Crippen molar-refractivity contribution in [1.29, 1.82) is 0 Å². The second-order valence-electron chi connectivity index (χ2n) is 1.29. The zero-order valence-electron chi connectivity index (χ0n) is 3.96. The molecule has 0 saturated carbocycles. The van der Waals surface area contributed by atoms with Crippen LogP contribution in [0.1, 0.15) is 6.42 Å². The maximum atomic E-state index is 3.86. The van der Waals surface area contributed by atoms with Gasteiger partial charge in [0.05, 0.1) is 0 Å². The molecule has 0 radical (unpaired) electrons. The minimum atomic E-state index is 0.819. The molecule has 7 heavy (non-hydrogen) atoms. The highest BCUT2D eigenvalue weighted by Crippen LogP contribution is 1.98. The molecule has 1 aliphatic rings. The van der Waals surface area contributed by atoms with Gasteiger partial charge in [-0.25, -0.2) is 9.98 Å². The van der Waals surface area contributed by atoms with Gasteiger partial charge in [-0.05, 0) is 6.72 Å². The van der Waals surface area contributed by atoms with Crippen molar-refractivity contribution in [1.82, 2.24) is 0 Å². The smallest absolute Gasteiger partial charge is 0.131 e. The summed E-state index contributed by atoms with van der Waals surface area (Å²) < 4.78 is 0. The van der Waals surface area contributed by atoms with Crippen LogP contribution in [0, 0.1) is 0 Å². The maximum Gasteiger partial charge on any atom is 0.131 e. The van der Waals surface area contributed by atoms with Gasteiger partial charge in [0.2, 0.25) is 0 Å². The average Bonchev–Trinajstić information content (AvgIpc) is 2.14. The molecule has 0 N–H and O–H groups in total. The molecule has 0 spiro atoms. The Kier molecular flexibility index (Phi) is 1.02. The Morgan fingerprint density at radius 2 is 2.71 bits per heavy atom. The standard InChI is InChI=1S/C5H6N2/c1-6-5-3-2-4-7-5/h2,4H,1,3H2.